The molecule has 46 heavy (non-hydrogen) atoms. The molecular formula is C39H40F3NO3. The fourth-order valence-electron chi connectivity index (χ4n) is 6.46. The summed E-state index contributed by atoms with van der Waals surface area (Å²) in [5.74, 6) is -0.636. The summed E-state index contributed by atoms with van der Waals surface area (Å²) in [6, 6.07) is 32.0. The van der Waals surface area contributed by atoms with Gasteiger partial charge in [0.15, 0.2) is 5.78 Å². The maximum atomic E-state index is 13.6. The van der Waals surface area contributed by atoms with Crippen molar-refractivity contribution in [2.45, 2.75) is 69.7 Å². The molecule has 240 valence electrons. The van der Waals surface area contributed by atoms with Gasteiger partial charge in [0.05, 0.1) is 11.7 Å². The Morgan fingerprint density at radius 3 is 2.17 bits per heavy atom. The van der Waals surface area contributed by atoms with Gasteiger partial charge in [-0.2, -0.15) is 13.2 Å². The first-order chi connectivity index (χ1) is 22.2. The van der Waals surface area contributed by atoms with Gasteiger partial charge in [-0.25, -0.2) is 0 Å². The van der Waals surface area contributed by atoms with Crippen LogP contribution >= 0.6 is 0 Å². The third kappa shape index (κ3) is 8.94. The number of ketones is 1. The van der Waals surface area contributed by atoms with Gasteiger partial charge in [-0.1, -0.05) is 91.0 Å². The van der Waals surface area contributed by atoms with Crippen molar-refractivity contribution in [2.75, 3.05) is 6.54 Å². The lowest BCUT2D eigenvalue weighted by molar-refractivity contribution is -0.137. The fourth-order valence-corrected chi connectivity index (χ4v) is 6.46. The van der Waals surface area contributed by atoms with Crippen LogP contribution in [-0.2, 0) is 25.4 Å². The number of aliphatic hydroxyl groups is 1. The third-order valence-corrected chi connectivity index (χ3v) is 8.94. The van der Waals surface area contributed by atoms with E-state index in [2.05, 4.69) is 12.1 Å². The SMILES string of the molecule is O=C(C[C@@H](Cc1ccccc1)[C@H](O)CCCc1cccc(C(F)(F)F)c1)c1cccc(C(=O)N2CCC[C@H]2Cc2ccccc2)c1. The largest absolute Gasteiger partial charge is 0.416 e. The first-order valence-corrected chi connectivity index (χ1v) is 16.0. The molecule has 1 fully saturated rings. The van der Waals surface area contributed by atoms with Crippen LogP contribution in [0.1, 0.15) is 75.1 Å². The molecule has 3 atom stereocenters. The zero-order chi connectivity index (χ0) is 32.5. The van der Waals surface area contributed by atoms with Crippen LogP contribution in [0.4, 0.5) is 13.2 Å². The summed E-state index contributed by atoms with van der Waals surface area (Å²) in [5.41, 5.74) is 2.96. The summed E-state index contributed by atoms with van der Waals surface area (Å²) >= 11 is 0. The van der Waals surface area contributed by atoms with E-state index in [1.807, 2.05) is 53.4 Å². The van der Waals surface area contributed by atoms with Gasteiger partial charge in [-0.05, 0) is 85.8 Å². The van der Waals surface area contributed by atoms with E-state index in [1.54, 1.807) is 30.3 Å². The minimum atomic E-state index is -4.41. The molecule has 1 N–H and O–H groups in total. The van der Waals surface area contributed by atoms with Crippen molar-refractivity contribution < 1.29 is 27.9 Å². The molecule has 1 amide bonds. The van der Waals surface area contributed by atoms with Crippen LogP contribution in [0.15, 0.2) is 109 Å². The molecule has 0 saturated carbocycles. The van der Waals surface area contributed by atoms with E-state index in [4.69, 9.17) is 0 Å². The van der Waals surface area contributed by atoms with Crippen LogP contribution in [0.25, 0.3) is 0 Å². The molecule has 4 aromatic rings. The molecule has 0 radical (unpaired) electrons. The van der Waals surface area contributed by atoms with Gasteiger partial charge >= 0.3 is 6.18 Å². The molecule has 1 aliphatic rings. The predicted molar refractivity (Wildman–Crippen MR) is 174 cm³/mol. The standard InChI is InChI=1S/C39H40F3NO3/c40-39(41,42)34-19-7-15-29(24-34)16-8-21-36(44)33(23-28-11-3-1-4-12-28)27-37(45)31-17-9-18-32(26-31)38(46)43-22-10-20-35(43)25-30-13-5-2-6-14-30/h1-7,9,11-15,17-19,24,26,33,35-36,44H,8,10,16,20-23,25,27H2/t33-,35+,36-/m1/s1. The van der Waals surface area contributed by atoms with E-state index in [1.165, 1.54) is 11.6 Å². The van der Waals surface area contributed by atoms with Crippen molar-refractivity contribution in [3.05, 3.63) is 143 Å². The van der Waals surface area contributed by atoms with Crippen molar-refractivity contribution in [3.63, 3.8) is 0 Å². The second-order valence-corrected chi connectivity index (χ2v) is 12.3. The normalized spacial score (nSPS) is 16.3. The molecule has 0 spiro atoms. The number of hydrogen-bond donors (Lipinski definition) is 1. The summed E-state index contributed by atoms with van der Waals surface area (Å²) in [6.45, 7) is 0.681. The molecule has 0 unspecified atom stereocenters. The quantitative estimate of drug-likeness (QED) is 0.152. The van der Waals surface area contributed by atoms with Gasteiger partial charge < -0.3 is 10.0 Å². The number of alkyl halides is 3. The maximum absolute atomic E-state index is 13.6. The molecular weight excluding hydrogens is 587 g/mol. The first kappa shape index (κ1) is 33.1. The van der Waals surface area contributed by atoms with E-state index < -0.39 is 23.8 Å². The highest BCUT2D eigenvalue weighted by Gasteiger charge is 2.31. The van der Waals surface area contributed by atoms with Crippen molar-refractivity contribution in [1.82, 2.24) is 4.90 Å². The number of benzene rings is 4. The zero-order valence-electron chi connectivity index (χ0n) is 25.8. The van der Waals surface area contributed by atoms with Crippen LogP contribution in [-0.4, -0.2) is 40.4 Å². The number of Topliss-reactive ketones (excluding diaryl/α,β-unsaturated/α-hetero) is 1. The van der Waals surface area contributed by atoms with Crippen molar-refractivity contribution in [1.29, 1.82) is 0 Å². The third-order valence-electron chi connectivity index (χ3n) is 8.94. The molecule has 0 aromatic heterocycles. The Bertz CT molecular complexity index is 1590. The smallest absolute Gasteiger partial charge is 0.393 e. The molecule has 0 aliphatic carbocycles. The fraction of sp³-hybridized carbons (Fsp3) is 0.333. The van der Waals surface area contributed by atoms with Crippen molar-refractivity contribution in [2.24, 2.45) is 5.92 Å². The molecule has 1 aliphatic heterocycles. The van der Waals surface area contributed by atoms with Crippen LogP contribution in [0, 0.1) is 5.92 Å². The average Bonchev–Trinajstić information content (AvgIpc) is 3.52. The van der Waals surface area contributed by atoms with Gasteiger partial charge in [0.1, 0.15) is 0 Å². The molecule has 0 bridgehead atoms. The predicted octanol–water partition coefficient (Wildman–Crippen LogP) is 8.37. The Hall–Kier alpha value is -4.23. The number of halogens is 3. The number of rotatable bonds is 13. The molecule has 4 nitrogen and oxygen atoms in total. The summed E-state index contributed by atoms with van der Waals surface area (Å²) < 4.78 is 39.4. The topological polar surface area (TPSA) is 57.6 Å². The van der Waals surface area contributed by atoms with E-state index in [0.29, 0.717) is 48.9 Å². The molecule has 4 aromatic carbocycles. The Balaban J connectivity index is 1.25. The Morgan fingerprint density at radius 2 is 1.46 bits per heavy atom. The second kappa shape index (κ2) is 15.4. The Kier molecular flexibility index (Phi) is 11.1. The number of hydrogen-bond acceptors (Lipinski definition) is 3. The number of likely N-dealkylation sites (tertiary alicyclic amines) is 1. The van der Waals surface area contributed by atoms with E-state index in [9.17, 15) is 27.9 Å². The van der Waals surface area contributed by atoms with Crippen molar-refractivity contribution >= 4 is 11.7 Å². The molecule has 1 heterocycles. The summed E-state index contributed by atoms with van der Waals surface area (Å²) in [4.78, 5) is 29.2. The highest BCUT2D eigenvalue weighted by atomic mass is 19.4. The van der Waals surface area contributed by atoms with Crippen molar-refractivity contribution in [3.8, 4) is 0 Å². The number of carbonyl (C=O) groups excluding carboxylic acids is 2. The van der Waals surface area contributed by atoms with E-state index in [-0.39, 0.29) is 24.2 Å². The first-order valence-electron chi connectivity index (χ1n) is 16.0. The monoisotopic (exact) mass is 627 g/mol. The lowest BCUT2D eigenvalue weighted by atomic mass is 9.85. The summed E-state index contributed by atoms with van der Waals surface area (Å²) in [7, 11) is 0. The summed E-state index contributed by atoms with van der Waals surface area (Å²) in [6.07, 6.45) is -0.802. The minimum absolute atomic E-state index is 0.0801. The lowest BCUT2D eigenvalue weighted by Gasteiger charge is -2.25. The van der Waals surface area contributed by atoms with E-state index >= 15 is 0 Å². The molecule has 1 saturated heterocycles. The Morgan fingerprint density at radius 1 is 0.804 bits per heavy atom. The molecule has 5 rings (SSSR count). The van der Waals surface area contributed by atoms with Gasteiger partial charge in [0.25, 0.3) is 5.91 Å². The number of nitrogens with zero attached hydrogens (tertiary/aromatic N) is 1. The van der Waals surface area contributed by atoms with Gasteiger partial charge in [0, 0.05) is 30.1 Å². The highest BCUT2D eigenvalue weighted by Crippen LogP contribution is 2.30. The number of amides is 1. The summed E-state index contributed by atoms with van der Waals surface area (Å²) in [5, 5.41) is 11.3. The number of carbonyl (C=O) groups is 2. The van der Waals surface area contributed by atoms with E-state index in [0.717, 1.165) is 37.0 Å². The number of aliphatic hydroxyl groups excluding tert-OH is 1. The van der Waals surface area contributed by atoms with Gasteiger partial charge in [-0.15, -0.1) is 0 Å². The Labute approximate surface area is 268 Å². The molecule has 7 heteroatoms. The van der Waals surface area contributed by atoms with Crippen LogP contribution in [0.3, 0.4) is 0 Å². The maximum Gasteiger partial charge on any atom is 0.416 e. The highest BCUT2D eigenvalue weighted by molar-refractivity contribution is 6.00. The lowest BCUT2D eigenvalue weighted by Crippen LogP contribution is -2.36. The average molecular weight is 628 g/mol. The minimum Gasteiger partial charge on any atom is -0.393 e. The van der Waals surface area contributed by atoms with Crippen LogP contribution in [0.5, 0.6) is 0 Å². The second-order valence-electron chi connectivity index (χ2n) is 12.3. The van der Waals surface area contributed by atoms with Gasteiger partial charge in [-0.3, -0.25) is 9.59 Å². The van der Waals surface area contributed by atoms with Crippen LogP contribution < -0.4 is 0 Å². The van der Waals surface area contributed by atoms with Gasteiger partial charge in [0.2, 0.25) is 0 Å². The zero-order valence-corrected chi connectivity index (χ0v) is 25.8. The van der Waals surface area contributed by atoms with Crippen LogP contribution in [0.2, 0.25) is 0 Å². The number of aryl methyl sites for hydroxylation is 1.